The Morgan fingerprint density at radius 2 is 2.24 bits per heavy atom. The summed E-state index contributed by atoms with van der Waals surface area (Å²) in [6.07, 6.45) is 5.32. The number of likely N-dealkylation sites (tertiary alicyclic amines) is 1. The van der Waals surface area contributed by atoms with Crippen LogP contribution < -0.4 is 0 Å². The van der Waals surface area contributed by atoms with Crippen LogP contribution in [0.2, 0.25) is 0 Å². The zero-order valence-corrected chi connectivity index (χ0v) is 10.2. The Bertz CT molecular complexity index is 342. The third-order valence-electron chi connectivity index (χ3n) is 3.26. The van der Waals surface area contributed by atoms with Crippen molar-refractivity contribution >= 4 is 5.97 Å². The molecule has 17 heavy (non-hydrogen) atoms. The Morgan fingerprint density at radius 1 is 1.47 bits per heavy atom. The molecule has 4 heteroatoms. The average molecular weight is 237 g/mol. The number of furan rings is 1. The van der Waals surface area contributed by atoms with Gasteiger partial charge in [-0.1, -0.05) is 6.42 Å². The van der Waals surface area contributed by atoms with Crippen molar-refractivity contribution < 1.29 is 13.9 Å². The number of carbonyl (C=O) groups is 1. The number of piperidine rings is 1. The second-order valence-electron chi connectivity index (χ2n) is 4.45. The van der Waals surface area contributed by atoms with Gasteiger partial charge in [-0.25, -0.2) is 0 Å². The van der Waals surface area contributed by atoms with Crippen molar-refractivity contribution in [2.75, 3.05) is 26.7 Å². The van der Waals surface area contributed by atoms with Crippen LogP contribution >= 0.6 is 0 Å². The van der Waals surface area contributed by atoms with Gasteiger partial charge in [-0.05, 0) is 38.1 Å². The molecule has 2 heterocycles. The highest BCUT2D eigenvalue weighted by Crippen LogP contribution is 2.21. The summed E-state index contributed by atoms with van der Waals surface area (Å²) < 4.78 is 10.2. The number of methoxy groups -OCH3 is 1. The molecular weight excluding hydrogens is 218 g/mol. The summed E-state index contributed by atoms with van der Waals surface area (Å²) >= 11 is 0. The molecule has 1 fully saturated rings. The molecule has 0 bridgehead atoms. The van der Waals surface area contributed by atoms with Gasteiger partial charge in [0.05, 0.1) is 13.4 Å². The molecule has 0 radical (unpaired) electrons. The van der Waals surface area contributed by atoms with E-state index >= 15 is 0 Å². The average Bonchev–Trinajstić information content (AvgIpc) is 2.90. The molecule has 0 spiro atoms. The zero-order chi connectivity index (χ0) is 12.1. The molecule has 1 aliphatic heterocycles. The second kappa shape index (κ2) is 5.87. The van der Waals surface area contributed by atoms with Gasteiger partial charge in [0, 0.05) is 6.54 Å². The van der Waals surface area contributed by atoms with Gasteiger partial charge < -0.3 is 14.1 Å². The molecule has 1 unspecified atom stereocenters. The number of carbonyl (C=O) groups excluding carboxylic acids is 1. The number of nitrogens with zero attached hydrogens (tertiary/aromatic N) is 1. The topological polar surface area (TPSA) is 42.7 Å². The zero-order valence-electron chi connectivity index (χ0n) is 10.2. The fourth-order valence-electron chi connectivity index (χ4n) is 2.31. The van der Waals surface area contributed by atoms with Crippen LogP contribution in [0.15, 0.2) is 22.8 Å². The first-order valence-corrected chi connectivity index (χ1v) is 6.15. The van der Waals surface area contributed by atoms with Crippen molar-refractivity contribution in [3.63, 3.8) is 0 Å². The predicted octanol–water partition coefficient (Wildman–Crippen LogP) is 2.02. The lowest BCUT2D eigenvalue weighted by Gasteiger charge is -2.28. The van der Waals surface area contributed by atoms with Crippen molar-refractivity contribution in [1.29, 1.82) is 0 Å². The second-order valence-corrected chi connectivity index (χ2v) is 4.45. The van der Waals surface area contributed by atoms with Crippen LogP contribution in [0, 0.1) is 0 Å². The maximum Gasteiger partial charge on any atom is 0.317 e. The van der Waals surface area contributed by atoms with Crippen molar-refractivity contribution in [2.45, 2.75) is 25.2 Å². The molecule has 1 aromatic heterocycles. The SMILES string of the molecule is COC(=O)C(CN1CCCCC1)c1ccco1. The highest BCUT2D eigenvalue weighted by Gasteiger charge is 2.27. The van der Waals surface area contributed by atoms with Gasteiger partial charge >= 0.3 is 5.97 Å². The molecule has 0 saturated carbocycles. The third-order valence-corrected chi connectivity index (χ3v) is 3.26. The van der Waals surface area contributed by atoms with Crippen LogP contribution in [0.3, 0.4) is 0 Å². The van der Waals surface area contributed by atoms with Crippen LogP contribution in [-0.2, 0) is 9.53 Å². The molecule has 1 aromatic rings. The molecule has 1 aliphatic rings. The van der Waals surface area contributed by atoms with E-state index in [1.54, 1.807) is 6.26 Å². The first kappa shape index (κ1) is 12.2. The van der Waals surface area contributed by atoms with Gasteiger partial charge in [0.1, 0.15) is 11.7 Å². The summed E-state index contributed by atoms with van der Waals surface area (Å²) in [6.45, 7) is 2.82. The number of hydrogen-bond acceptors (Lipinski definition) is 4. The largest absolute Gasteiger partial charge is 0.468 e. The molecule has 2 rings (SSSR count). The van der Waals surface area contributed by atoms with Crippen molar-refractivity contribution in [3.05, 3.63) is 24.2 Å². The van der Waals surface area contributed by atoms with E-state index in [1.807, 2.05) is 12.1 Å². The number of rotatable bonds is 4. The van der Waals surface area contributed by atoms with Gasteiger partial charge in [0.15, 0.2) is 0 Å². The van der Waals surface area contributed by atoms with E-state index in [1.165, 1.54) is 26.4 Å². The third kappa shape index (κ3) is 3.09. The molecule has 1 saturated heterocycles. The van der Waals surface area contributed by atoms with Gasteiger partial charge in [-0.2, -0.15) is 0 Å². The highest BCUT2D eigenvalue weighted by atomic mass is 16.5. The van der Waals surface area contributed by atoms with E-state index in [0.29, 0.717) is 12.3 Å². The van der Waals surface area contributed by atoms with E-state index in [0.717, 1.165) is 13.1 Å². The van der Waals surface area contributed by atoms with E-state index in [4.69, 9.17) is 9.15 Å². The molecular formula is C13H19NO3. The molecule has 0 aromatic carbocycles. The highest BCUT2D eigenvalue weighted by molar-refractivity contribution is 5.77. The van der Waals surface area contributed by atoms with Crippen molar-refractivity contribution in [3.8, 4) is 0 Å². The number of ether oxygens (including phenoxy) is 1. The van der Waals surface area contributed by atoms with E-state index in [-0.39, 0.29) is 11.9 Å². The van der Waals surface area contributed by atoms with Crippen LogP contribution in [-0.4, -0.2) is 37.6 Å². The van der Waals surface area contributed by atoms with Gasteiger partial charge in [0.2, 0.25) is 0 Å². The Labute approximate surface area is 102 Å². The maximum absolute atomic E-state index is 11.8. The number of hydrogen-bond donors (Lipinski definition) is 0. The van der Waals surface area contributed by atoms with Crippen LogP contribution in [0.5, 0.6) is 0 Å². The lowest BCUT2D eigenvalue weighted by Crippen LogP contribution is -2.36. The Balaban J connectivity index is 2.02. The minimum atomic E-state index is -0.298. The number of esters is 1. The van der Waals surface area contributed by atoms with Crippen LogP contribution in [0.4, 0.5) is 0 Å². The fourth-order valence-corrected chi connectivity index (χ4v) is 2.31. The first-order valence-electron chi connectivity index (χ1n) is 6.15. The summed E-state index contributed by atoms with van der Waals surface area (Å²) in [5.74, 6) is 0.182. The van der Waals surface area contributed by atoms with Gasteiger partial charge in [0.25, 0.3) is 0 Å². The first-order chi connectivity index (χ1) is 8.31. The summed E-state index contributed by atoms with van der Waals surface area (Å²) in [6, 6.07) is 3.65. The summed E-state index contributed by atoms with van der Waals surface area (Å²) in [4.78, 5) is 14.1. The van der Waals surface area contributed by atoms with Crippen LogP contribution in [0.25, 0.3) is 0 Å². The van der Waals surface area contributed by atoms with Crippen molar-refractivity contribution in [2.24, 2.45) is 0 Å². The van der Waals surface area contributed by atoms with E-state index in [9.17, 15) is 4.79 Å². The van der Waals surface area contributed by atoms with E-state index in [2.05, 4.69) is 4.90 Å². The minimum Gasteiger partial charge on any atom is -0.468 e. The molecule has 0 aliphatic carbocycles. The standard InChI is InChI=1S/C13H19NO3/c1-16-13(15)11(12-6-5-9-17-12)10-14-7-3-2-4-8-14/h5-6,9,11H,2-4,7-8,10H2,1H3. The molecule has 4 nitrogen and oxygen atoms in total. The maximum atomic E-state index is 11.8. The predicted molar refractivity (Wildman–Crippen MR) is 63.8 cm³/mol. The molecule has 94 valence electrons. The molecule has 0 amide bonds. The summed E-state index contributed by atoms with van der Waals surface area (Å²) in [5, 5.41) is 0. The smallest absolute Gasteiger partial charge is 0.317 e. The van der Waals surface area contributed by atoms with E-state index < -0.39 is 0 Å². The minimum absolute atomic E-state index is 0.217. The Morgan fingerprint density at radius 3 is 2.82 bits per heavy atom. The van der Waals surface area contributed by atoms with Gasteiger partial charge in [-0.15, -0.1) is 0 Å². The van der Waals surface area contributed by atoms with Crippen molar-refractivity contribution in [1.82, 2.24) is 4.90 Å². The Hall–Kier alpha value is -1.29. The summed E-state index contributed by atoms with van der Waals surface area (Å²) in [7, 11) is 1.43. The Kier molecular flexibility index (Phi) is 4.20. The van der Waals surface area contributed by atoms with Gasteiger partial charge in [-0.3, -0.25) is 4.79 Å². The molecule has 0 N–H and O–H groups in total. The van der Waals surface area contributed by atoms with Crippen LogP contribution in [0.1, 0.15) is 30.9 Å². The quantitative estimate of drug-likeness (QED) is 0.751. The lowest BCUT2D eigenvalue weighted by atomic mass is 10.0. The monoisotopic (exact) mass is 237 g/mol. The normalized spacial score (nSPS) is 18.9. The summed E-state index contributed by atoms with van der Waals surface area (Å²) in [5.41, 5.74) is 0. The fraction of sp³-hybridized carbons (Fsp3) is 0.615. The lowest BCUT2D eigenvalue weighted by molar-refractivity contribution is -0.143. The molecule has 1 atom stereocenters.